The Morgan fingerprint density at radius 3 is 2.89 bits per heavy atom. The van der Waals surface area contributed by atoms with Crippen LogP contribution in [0.2, 0.25) is 0 Å². The van der Waals surface area contributed by atoms with Crippen molar-refractivity contribution >= 4 is 23.3 Å². The van der Waals surface area contributed by atoms with E-state index in [9.17, 15) is 0 Å². The Kier molecular flexibility index (Phi) is 2.48. The van der Waals surface area contributed by atoms with Crippen LogP contribution in [-0.4, -0.2) is 19.7 Å². The average molecular weight is 256 g/mol. The third-order valence-corrected chi connectivity index (χ3v) is 3.29. The van der Waals surface area contributed by atoms with Crippen LogP contribution in [-0.2, 0) is 0 Å². The van der Waals surface area contributed by atoms with Crippen molar-refractivity contribution in [3.05, 3.63) is 46.5 Å². The predicted molar refractivity (Wildman–Crippen MR) is 73.5 cm³/mol. The van der Waals surface area contributed by atoms with Crippen molar-refractivity contribution in [1.82, 2.24) is 19.7 Å². The van der Waals surface area contributed by atoms with Crippen molar-refractivity contribution in [3.8, 4) is 5.69 Å². The molecule has 0 bridgehead atoms. The van der Waals surface area contributed by atoms with E-state index in [1.54, 1.807) is 12.5 Å². The van der Waals surface area contributed by atoms with Crippen molar-refractivity contribution in [2.45, 2.75) is 13.8 Å². The number of nitrogens with one attached hydrogen (secondary N) is 1. The first-order chi connectivity index (χ1) is 8.66. The van der Waals surface area contributed by atoms with Crippen molar-refractivity contribution in [3.63, 3.8) is 0 Å². The SMILES string of the molecule is Cc1ccc(-n2ncc3c(=S)nc[nH]c32)c(C)c1. The van der Waals surface area contributed by atoms with E-state index in [2.05, 4.69) is 47.1 Å². The van der Waals surface area contributed by atoms with Gasteiger partial charge in [-0.3, -0.25) is 0 Å². The fraction of sp³-hybridized carbons (Fsp3) is 0.154. The molecular weight excluding hydrogens is 244 g/mol. The predicted octanol–water partition coefficient (Wildman–Crippen LogP) is 3.09. The molecule has 0 aliphatic carbocycles. The summed E-state index contributed by atoms with van der Waals surface area (Å²) in [7, 11) is 0. The van der Waals surface area contributed by atoms with E-state index in [0.717, 1.165) is 16.7 Å². The van der Waals surface area contributed by atoms with E-state index in [4.69, 9.17) is 12.2 Å². The van der Waals surface area contributed by atoms with Crippen LogP contribution in [0.25, 0.3) is 16.7 Å². The molecule has 0 spiro atoms. The van der Waals surface area contributed by atoms with E-state index < -0.39 is 0 Å². The molecule has 3 aromatic rings. The summed E-state index contributed by atoms with van der Waals surface area (Å²) in [5, 5.41) is 5.26. The van der Waals surface area contributed by atoms with Gasteiger partial charge in [0.05, 0.1) is 23.6 Å². The van der Waals surface area contributed by atoms with Gasteiger partial charge in [0.15, 0.2) is 0 Å². The van der Waals surface area contributed by atoms with Crippen LogP contribution >= 0.6 is 12.2 Å². The van der Waals surface area contributed by atoms with Crippen molar-refractivity contribution in [2.24, 2.45) is 0 Å². The zero-order chi connectivity index (χ0) is 12.7. The molecule has 1 aromatic carbocycles. The molecule has 2 aromatic heterocycles. The van der Waals surface area contributed by atoms with Gasteiger partial charge in [0.1, 0.15) is 10.3 Å². The summed E-state index contributed by atoms with van der Waals surface area (Å²) in [6.45, 7) is 4.15. The van der Waals surface area contributed by atoms with E-state index in [0.29, 0.717) is 4.64 Å². The first-order valence-corrected chi connectivity index (χ1v) is 6.06. The molecule has 3 rings (SSSR count). The second kappa shape index (κ2) is 4.03. The first-order valence-electron chi connectivity index (χ1n) is 5.66. The lowest BCUT2D eigenvalue weighted by atomic mass is 10.1. The highest BCUT2D eigenvalue weighted by Crippen LogP contribution is 2.19. The quantitative estimate of drug-likeness (QED) is 0.680. The number of hydrogen-bond acceptors (Lipinski definition) is 3. The highest BCUT2D eigenvalue weighted by molar-refractivity contribution is 7.71. The monoisotopic (exact) mass is 256 g/mol. The van der Waals surface area contributed by atoms with Crippen LogP contribution < -0.4 is 0 Å². The van der Waals surface area contributed by atoms with Crippen LogP contribution in [0.1, 0.15) is 11.1 Å². The molecule has 0 saturated carbocycles. The largest absolute Gasteiger partial charge is 0.330 e. The Morgan fingerprint density at radius 2 is 2.11 bits per heavy atom. The molecule has 0 amide bonds. The van der Waals surface area contributed by atoms with Gasteiger partial charge in [0.25, 0.3) is 0 Å². The molecule has 5 heteroatoms. The van der Waals surface area contributed by atoms with Gasteiger partial charge in [-0.05, 0) is 25.5 Å². The smallest absolute Gasteiger partial charge is 0.145 e. The Bertz CT molecular complexity index is 785. The molecule has 4 nitrogen and oxygen atoms in total. The van der Waals surface area contributed by atoms with Crippen LogP contribution in [0, 0.1) is 18.5 Å². The van der Waals surface area contributed by atoms with Gasteiger partial charge in [0, 0.05) is 0 Å². The van der Waals surface area contributed by atoms with Gasteiger partial charge >= 0.3 is 0 Å². The van der Waals surface area contributed by atoms with E-state index in [-0.39, 0.29) is 0 Å². The standard InChI is InChI=1S/C13H12N4S/c1-8-3-4-11(9(2)5-8)17-12-10(6-16-17)13(18)15-7-14-12/h3-7H,1-2H3,(H,14,15,18). The second-order valence-corrected chi connectivity index (χ2v) is 4.70. The first kappa shape index (κ1) is 11.1. The van der Waals surface area contributed by atoms with Gasteiger partial charge in [-0.2, -0.15) is 5.10 Å². The van der Waals surface area contributed by atoms with Gasteiger partial charge in [-0.15, -0.1) is 0 Å². The summed E-state index contributed by atoms with van der Waals surface area (Å²) < 4.78 is 2.43. The lowest BCUT2D eigenvalue weighted by Gasteiger charge is -2.07. The third-order valence-electron chi connectivity index (χ3n) is 2.96. The lowest BCUT2D eigenvalue weighted by molar-refractivity contribution is 0.886. The summed E-state index contributed by atoms with van der Waals surface area (Å²) in [6, 6.07) is 6.28. The second-order valence-electron chi connectivity index (χ2n) is 4.32. The highest BCUT2D eigenvalue weighted by Gasteiger charge is 2.08. The summed E-state index contributed by atoms with van der Waals surface area (Å²) >= 11 is 5.19. The number of aromatic amines is 1. The number of rotatable bonds is 1. The number of aromatic nitrogens is 4. The number of nitrogens with zero attached hydrogens (tertiary/aromatic N) is 3. The molecule has 0 aliphatic rings. The minimum atomic E-state index is 0.569. The minimum absolute atomic E-state index is 0.569. The lowest BCUT2D eigenvalue weighted by Crippen LogP contribution is -2.00. The van der Waals surface area contributed by atoms with Crippen LogP contribution in [0.3, 0.4) is 0 Å². The van der Waals surface area contributed by atoms with Crippen molar-refractivity contribution in [1.29, 1.82) is 0 Å². The molecule has 0 aliphatic heterocycles. The molecular formula is C13H12N4S. The number of fused-ring (bicyclic) bond motifs is 1. The summed E-state index contributed by atoms with van der Waals surface area (Å²) in [4.78, 5) is 7.16. The molecule has 90 valence electrons. The molecule has 18 heavy (non-hydrogen) atoms. The van der Waals surface area contributed by atoms with E-state index >= 15 is 0 Å². The van der Waals surface area contributed by atoms with Gasteiger partial charge < -0.3 is 4.98 Å². The van der Waals surface area contributed by atoms with Gasteiger partial charge in [0.2, 0.25) is 0 Å². The zero-order valence-electron chi connectivity index (χ0n) is 10.1. The summed E-state index contributed by atoms with van der Waals surface area (Å²) in [5.74, 6) is 0. The van der Waals surface area contributed by atoms with E-state index in [1.807, 2.05) is 4.68 Å². The Morgan fingerprint density at radius 1 is 1.28 bits per heavy atom. The molecule has 0 atom stereocenters. The maximum absolute atomic E-state index is 5.19. The summed E-state index contributed by atoms with van der Waals surface area (Å²) in [6.07, 6.45) is 3.35. The fourth-order valence-corrected chi connectivity index (χ4v) is 2.29. The highest BCUT2D eigenvalue weighted by atomic mass is 32.1. The zero-order valence-corrected chi connectivity index (χ0v) is 11.0. The maximum Gasteiger partial charge on any atom is 0.145 e. The molecule has 0 radical (unpaired) electrons. The third kappa shape index (κ3) is 1.64. The van der Waals surface area contributed by atoms with Gasteiger partial charge in [-0.25, -0.2) is 9.67 Å². The molecule has 0 fully saturated rings. The molecule has 2 heterocycles. The van der Waals surface area contributed by atoms with Crippen LogP contribution in [0.15, 0.2) is 30.7 Å². The van der Waals surface area contributed by atoms with Crippen LogP contribution in [0.4, 0.5) is 0 Å². The molecule has 0 unspecified atom stereocenters. The van der Waals surface area contributed by atoms with Crippen LogP contribution in [0.5, 0.6) is 0 Å². The normalized spacial score (nSPS) is 11.0. The number of hydrogen-bond donors (Lipinski definition) is 1. The average Bonchev–Trinajstić information content (AvgIpc) is 2.74. The number of H-pyrrole nitrogens is 1. The minimum Gasteiger partial charge on any atom is -0.330 e. The number of benzene rings is 1. The maximum atomic E-state index is 5.19. The molecule has 1 N–H and O–H groups in total. The Balaban J connectivity index is 2.32. The Hall–Kier alpha value is -2.01. The Labute approximate surface area is 109 Å². The van der Waals surface area contributed by atoms with Crippen molar-refractivity contribution in [2.75, 3.05) is 0 Å². The van der Waals surface area contributed by atoms with E-state index in [1.165, 1.54) is 11.1 Å². The van der Waals surface area contributed by atoms with Gasteiger partial charge in [-0.1, -0.05) is 29.9 Å². The van der Waals surface area contributed by atoms with Crippen molar-refractivity contribution < 1.29 is 0 Å². The summed E-state index contributed by atoms with van der Waals surface area (Å²) in [5.41, 5.74) is 4.34. The topological polar surface area (TPSA) is 46.5 Å². The number of aryl methyl sites for hydroxylation is 2. The fourth-order valence-electron chi connectivity index (χ4n) is 2.09. The molecule has 0 saturated heterocycles.